The third-order valence-corrected chi connectivity index (χ3v) is 1.46. The molecule has 0 aromatic carbocycles. The first-order chi connectivity index (χ1) is 6.69. The van der Waals surface area contributed by atoms with Gasteiger partial charge in [-0.15, -0.1) is 0 Å². The normalized spacial score (nSPS) is 10.0. The molecule has 1 aromatic rings. The van der Waals surface area contributed by atoms with E-state index in [1.165, 1.54) is 7.05 Å². The van der Waals surface area contributed by atoms with Crippen LogP contribution >= 0.6 is 0 Å². The van der Waals surface area contributed by atoms with Gasteiger partial charge in [-0.25, -0.2) is 8.78 Å². The van der Waals surface area contributed by atoms with E-state index in [4.69, 9.17) is 9.84 Å². The number of nitrogens with one attached hydrogen (secondary N) is 1. The predicted molar refractivity (Wildman–Crippen MR) is 46.3 cm³/mol. The van der Waals surface area contributed by atoms with E-state index in [1.54, 1.807) is 0 Å². The molecular weight excluding hydrogens is 194 g/mol. The summed E-state index contributed by atoms with van der Waals surface area (Å²) in [5.74, 6) is -2.11. The Morgan fingerprint density at radius 3 is 2.79 bits per heavy atom. The smallest absolute Gasteiger partial charge is 0.252 e. The molecule has 0 saturated heterocycles. The highest BCUT2D eigenvalue weighted by molar-refractivity contribution is 5.38. The molecule has 0 aliphatic carbocycles. The van der Waals surface area contributed by atoms with Gasteiger partial charge in [0.25, 0.3) is 5.88 Å². The van der Waals surface area contributed by atoms with Gasteiger partial charge in [0.05, 0.1) is 6.61 Å². The van der Waals surface area contributed by atoms with Gasteiger partial charge in [0.1, 0.15) is 6.61 Å². The van der Waals surface area contributed by atoms with Gasteiger partial charge in [0.2, 0.25) is 0 Å². The summed E-state index contributed by atoms with van der Waals surface area (Å²) in [5.41, 5.74) is 0. The van der Waals surface area contributed by atoms with Crippen LogP contribution in [0.25, 0.3) is 0 Å². The summed E-state index contributed by atoms with van der Waals surface area (Å²) in [6, 6.07) is 0.672. The van der Waals surface area contributed by atoms with Gasteiger partial charge in [-0.05, 0) is 0 Å². The fraction of sp³-hybridized carbons (Fsp3) is 0.375. The Labute approximate surface area is 79.5 Å². The largest absolute Gasteiger partial charge is 0.473 e. The van der Waals surface area contributed by atoms with Crippen molar-refractivity contribution in [2.24, 2.45) is 0 Å². The van der Waals surface area contributed by atoms with Gasteiger partial charge >= 0.3 is 0 Å². The Morgan fingerprint density at radius 2 is 2.21 bits per heavy atom. The van der Waals surface area contributed by atoms with E-state index in [0.717, 1.165) is 0 Å². The molecule has 1 heterocycles. The van der Waals surface area contributed by atoms with E-state index in [-0.39, 0.29) is 24.9 Å². The molecule has 0 bridgehead atoms. The Hall–Kier alpha value is -1.43. The van der Waals surface area contributed by atoms with Crippen molar-refractivity contribution in [1.29, 1.82) is 0 Å². The number of hydrogen-bond acceptors (Lipinski definition) is 4. The number of rotatable bonds is 4. The molecule has 0 amide bonds. The molecule has 14 heavy (non-hydrogen) atoms. The zero-order valence-electron chi connectivity index (χ0n) is 7.55. The number of anilines is 1. The number of halogens is 2. The number of aliphatic hydroxyl groups excluding tert-OH is 1. The van der Waals surface area contributed by atoms with Crippen molar-refractivity contribution in [2.45, 2.75) is 0 Å². The highest BCUT2D eigenvalue weighted by atomic mass is 19.1. The van der Waals surface area contributed by atoms with Crippen molar-refractivity contribution < 1.29 is 18.6 Å². The van der Waals surface area contributed by atoms with E-state index < -0.39 is 11.6 Å². The molecule has 0 aliphatic rings. The summed E-state index contributed by atoms with van der Waals surface area (Å²) in [5, 5.41) is 10.9. The summed E-state index contributed by atoms with van der Waals surface area (Å²) in [6.45, 7) is -0.341. The average Bonchev–Trinajstić information content (AvgIpc) is 2.17. The second-order valence-corrected chi connectivity index (χ2v) is 2.43. The summed E-state index contributed by atoms with van der Waals surface area (Å²) in [7, 11) is 1.46. The lowest BCUT2D eigenvalue weighted by Gasteiger charge is -2.07. The van der Waals surface area contributed by atoms with E-state index in [0.29, 0.717) is 6.07 Å². The lowest BCUT2D eigenvalue weighted by molar-refractivity contribution is 0.191. The molecule has 0 saturated carbocycles. The van der Waals surface area contributed by atoms with Crippen LogP contribution in [0, 0.1) is 11.6 Å². The Balaban J connectivity index is 2.92. The van der Waals surface area contributed by atoms with Crippen LogP contribution in [0.3, 0.4) is 0 Å². The first-order valence-electron chi connectivity index (χ1n) is 3.96. The minimum absolute atomic E-state index is 0.0846. The molecule has 1 rings (SSSR count). The fourth-order valence-electron chi connectivity index (χ4n) is 0.869. The Bertz CT molecular complexity index is 320. The summed E-state index contributed by atoms with van der Waals surface area (Å²) >= 11 is 0. The van der Waals surface area contributed by atoms with Crippen molar-refractivity contribution in [3.63, 3.8) is 0 Å². The zero-order valence-corrected chi connectivity index (χ0v) is 7.55. The number of aliphatic hydroxyl groups is 1. The lowest BCUT2D eigenvalue weighted by atomic mass is 10.4. The maximum absolute atomic E-state index is 13.0. The minimum atomic E-state index is -0.894. The third-order valence-electron chi connectivity index (χ3n) is 1.46. The molecule has 0 radical (unpaired) electrons. The Kier molecular flexibility index (Phi) is 3.58. The maximum atomic E-state index is 13.0. The highest BCUT2D eigenvalue weighted by Crippen LogP contribution is 2.20. The van der Waals surface area contributed by atoms with Crippen LogP contribution in [0.2, 0.25) is 0 Å². The summed E-state index contributed by atoms with van der Waals surface area (Å²) in [6.07, 6.45) is 0. The first kappa shape index (κ1) is 10.6. The van der Waals surface area contributed by atoms with Crippen LogP contribution in [0.1, 0.15) is 0 Å². The van der Waals surface area contributed by atoms with Crippen LogP contribution in [0.15, 0.2) is 6.07 Å². The number of nitrogens with zero attached hydrogens (tertiary/aromatic N) is 1. The molecule has 0 fully saturated rings. The molecular formula is C8H10F2N2O2. The van der Waals surface area contributed by atoms with E-state index in [9.17, 15) is 8.78 Å². The van der Waals surface area contributed by atoms with Gasteiger partial charge in [-0.3, -0.25) is 0 Å². The number of hydrogen-bond donors (Lipinski definition) is 2. The fourth-order valence-corrected chi connectivity index (χ4v) is 0.869. The van der Waals surface area contributed by atoms with Gasteiger partial charge in [-0.2, -0.15) is 4.98 Å². The molecule has 0 aliphatic heterocycles. The molecule has 6 heteroatoms. The summed E-state index contributed by atoms with van der Waals surface area (Å²) in [4.78, 5) is 3.53. The molecule has 0 unspecified atom stereocenters. The Morgan fingerprint density at radius 1 is 1.50 bits per heavy atom. The quantitative estimate of drug-likeness (QED) is 0.760. The monoisotopic (exact) mass is 204 g/mol. The second kappa shape index (κ2) is 4.71. The summed E-state index contributed by atoms with van der Waals surface area (Å²) < 4.78 is 30.6. The molecule has 2 N–H and O–H groups in total. The van der Waals surface area contributed by atoms with E-state index in [1.807, 2.05) is 0 Å². The predicted octanol–water partition coefficient (Wildman–Crippen LogP) is 0.773. The third kappa shape index (κ3) is 2.29. The maximum Gasteiger partial charge on any atom is 0.252 e. The van der Waals surface area contributed by atoms with Crippen LogP contribution < -0.4 is 10.1 Å². The van der Waals surface area contributed by atoms with Crippen molar-refractivity contribution in [3.8, 4) is 5.88 Å². The highest BCUT2D eigenvalue weighted by Gasteiger charge is 2.11. The topological polar surface area (TPSA) is 54.4 Å². The van der Waals surface area contributed by atoms with Gasteiger partial charge in [0.15, 0.2) is 17.5 Å². The molecule has 0 atom stereocenters. The molecule has 4 nitrogen and oxygen atoms in total. The van der Waals surface area contributed by atoms with Gasteiger partial charge < -0.3 is 15.2 Å². The number of pyridine rings is 1. The second-order valence-electron chi connectivity index (χ2n) is 2.43. The van der Waals surface area contributed by atoms with Crippen LogP contribution in [-0.4, -0.2) is 30.4 Å². The molecule has 0 spiro atoms. The average molecular weight is 204 g/mol. The van der Waals surface area contributed by atoms with Crippen molar-refractivity contribution in [2.75, 3.05) is 25.6 Å². The van der Waals surface area contributed by atoms with E-state index >= 15 is 0 Å². The molecule has 1 aromatic heterocycles. The van der Waals surface area contributed by atoms with Crippen LogP contribution in [0.5, 0.6) is 5.88 Å². The van der Waals surface area contributed by atoms with Gasteiger partial charge in [-0.1, -0.05) is 0 Å². The van der Waals surface area contributed by atoms with Crippen molar-refractivity contribution in [1.82, 2.24) is 4.98 Å². The standard InChI is InChI=1S/C8H10F2N2O2/c1-11-7-5(9)4-6(10)8(12-7)14-3-2-13/h4,13H,2-3H2,1H3,(H,11,12). The number of aromatic nitrogens is 1. The first-order valence-corrected chi connectivity index (χ1v) is 3.96. The number of ether oxygens (including phenoxy) is 1. The SMILES string of the molecule is CNc1nc(OCCO)c(F)cc1F. The minimum Gasteiger partial charge on any atom is -0.473 e. The van der Waals surface area contributed by atoms with Crippen LogP contribution in [-0.2, 0) is 0 Å². The lowest BCUT2D eigenvalue weighted by Crippen LogP contribution is -2.07. The molecule has 78 valence electrons. The van der Waals surface area contributed by atoms with Crippen molar-refractivity contribution >= 4 is 5.82 Å². The van der Waals surface area contributed by atoms with Gasteiger partial charge in [0, 0.05) is 13.1 Å². The van der Waals surface area contributed by atoms with E-state index in [2.05, 4.69) is 10.3 Å². The zero-order chi connectivity index (χ0) is 10.6. The van der Waals surface area contributed by atoms with Crippen LogP contribution in [0.4, 0.5) is 14.6 Å². The van der Waals surface area contributed by atoms with Crippen molar-refractivity contribution in [3.05, 3.63) is 17.7 Å².